The van der Waals surface area contributed by atoms with Crippen molar-refractivity contribution in [2.24, 2.45) is 5.92 Å². The molecule has 0 amide bonds. The Balaban J connectivity index is 3.37. The van der Waals surface area contributed by atoms with E-state index < -0.39 is 74.7 Å². The number of carboxylic acids is 5. The Morgan fingerprint density at radius 2 is 1.15 bits per heavy atom. The van der Waals surface area contributed by atoms with E-state index in [1.807, 2.05) is 13.8 Å². The van der Waals surface area contributed by atoms with Crippen LogP contribution in [0, 0.1) is 5.92 Å². The first-order chi connectivity index (χ1) is 19.1. The van der Waals surface area contributed by atoms with Gasteiger partial charge in [0.15, 0.2) is 0 Å². The highest BCUT2D eigenvalue weighted by Gasteiger charge is 2.33. The highest BCUT2D eigenvalue weighted by molar-refractivity contribution is 7.80. The Hall–Kier alpha value is -3.66. The van der Waals surface area contributed by atoms with Gasteiger partial charge in [-0.05, 0) is 31.0 Å². The van der Waals surface area contributed by atoms with Crippen LogP contribution in [0.25, 0.3) is 0 Å². The van der Waals surface area contributed by atoms with Crippen LogP contribution >= 0.6 is 12.2 Å². The summed E-state index contributed by atoms with van der Waals surface area (Å²) >= 11 is 5.31. The summed E-state index contributed by atoms with van der Waals surface area (Å²) in [6.45, 7) is 2.36. The second kappa shape index (κ2) is 17.2. The standard InChI is InChI=1S/C26H38N4O10S/c1-16(2)26(41)27-19-6-4-18(5-7-19)10-20(30(14-24(37)38)15-25(39)40)17(3)29(13-23(35)36)9-8-28(11-21(31)32)12-22(33)34/h4-7,16-17,20H,8-15H2,1-3H3,(H,27,41)(H,31,32)(H,33,34)(H,35,36)(H,37,38)(H,39,40). The van der Waals surface area contributed by atoms with Gasteiger partial charge in [0.05, 0.1) is 37.7 Å². The Morgan fingerprint density at radius 1 is 0.707 bits per heavy atom. The molecule has 0 heterocycles. The summed E-state index contributed by atoms with van der Waals surface area (Å²) in [5, 5.41) is 50.0. The number of benzene rings is 1. The quantitative estimate of drug-likeness (QED) is 0.114. The minimum absolute atomic E-state index is 0.0754. The van der Waals surface area contributed by atoms with Crippen molar-refractivity contribution in [3.05, 3.63) is 29.8 Å². The lowest BCUT2D eigenvalue weighted by Gasteiger charge is -2.40. The summed E-state index contributed by atoms with van der Waals surface area (Å²) in [5.74, 6) is -6.17. The predicted molar refractivity (Wildman–Crippen MR) is 152 cm³/mol. The van der Waals surface area contributed by atoms with Crippen molar-refractivity contribution in [2.45, 2.75) is 39.3 Å². The van der Waals surface area contributed by atoms with Gasteiger partial charge in [0.2, 0.25) is 0 Å². The third-order valence-electron chi connectivity index (χ3n) is 6.23. The highest BCUT2D eigenvalue weighted by Crippen LogP contribution is 2.20. The zero-order valence-electron chi connectivity index (χ0n) is 23.2. The van der Waals surface area contributed by atoms with E-state index in [9.17, 15) is 39.3 Å². The number of nitrogens with one attached hydrogen (secondary N) is 1. The topological polar surface area (TPSA) is 208 Å². The molecule has 2 unspecified atom stereocenters. The normalized spacial score (nSPS) is 12.9. The van der Waals surface area contributed by atoms with E-state index in [1.165, 1.54) is 9.80 Å². The lowest BCUT2D eigenvalue weighted by molar-refractivity contribution is -0.145. The van der Waals surface area contributed by atoms with Crippen LogP contribution < -0.4 is 5.32 Å². The van der Waals surface area contributed by atoms with Crippen molar-refractivity contribution in [2.75, 3.05) is 51.1 Å². The molecule has 0 saturated heterocycles. The molecule has 0 aliphatic heterocycles. The van der Waals surface area contributed by atoms with E-state index in [-0.39, 0.29) is 25.4 Å². The lowest BCUT2D eigenvalue weighted by atomic mass is 9.96. The van der Waals surface area contributed by atoms with E-state index in [4.69, 9.17) is 22.4 Å². The summed E-state index contributed by atoms with van der Waals surface area (Å²) in [6, 6.07) is 5.54. The molecule has 0 saturated carbocycles. The van der Waals surface area contributed by atoms with E-state index >= 15 is 0 Å². The van der Waals surface area contributed by atoms with Gasteiger partial charge in [0.25, 0.3) is 0 Å². The Bertz CT molecular complexity index is 1050. The SMILES string of the molecule is CC(C)C(=S)Nc1ccc(CC(C(C)N(CCN(CC(=O)O)CC(=O)O)CC(=O)O)N(CC(=O)O)CC(=O)O)cc1. The summed E-state index contributed by atoms with van der Waals surface area (Å²) in [6.07, 6.45) is 0.153. The minimum atomic E-state index is -1.27. The zero-order valence-corrected chi connectivity index (χ0v) is 24.0. The third-order valence-corrected chi connectivity index (χ3v) is 6.80. The van der Waals surface area contributed by atoms with Crippen molar-refractivity contribution >= 4 is 52.7 Å². The number of nitrogens with zero attached hydrogens (tertiary/aromatic N) is 3. The molecule has 6 N–H and O–H groups in total. The summed E-state index contributed by atoms with van der Waals surface area (Å²) < 4.78 is 0. The largest absolute Gasteiger partial charge is 0.480 e. The van der Waals surface area contributed by atoms with Crippen LogP contribution in [-0.4, -0.2) is 133 Å². The van der Waals surface area contributed by atoms with Crippen LogP contribution in [0.5, 0.6) is 0 Å². The van der Waals surface area contributed by atoms with Crippen LogP contribution in [0.1, 0.15) is 26.3 Å². The molecular formula is C26H38N4O10S. The van der Waals surface area contributed by atoms with Crippen LogP contribution in [0.15, 0.2) is 24.3 Å². The van der Waals surface area contributed by atoms with Crippen molar-refractivity contribution in [1.82, 2.24) is 14.7 Å². The van der Waals surface area contributed by atoms with Gasteiger partial charge in [-0.1, -0.05) is 38.2 Å². The lowest BCUT2D eigenvalue weighted by Crippen LogP contribution is -2.56. The Morgan fingerprint density at radius 3 is 1.56 bits per heavy atom. The van der Waals surface area contributed by atoms with Crippen molar-refractivity contribution < 1.29 is 49.5 Å². The molecule has 0 bridgehead atoms. The molecule has 0 aliphatic carbocycles. The maximum atomic E-state index is 11.7. The molecule has 0 aliphatic rings. The maximum Gasteiger partial charge on any atom is 0.317 e. The molecule has 1 rings (SSSR count). The molecule has 41 heavy (non-hydrogen) atoms. The molecule has 0 fully saturated rings. The number of hydrogen-bond acceptors (Lipinski definition) is 9. The van der Waals surface area contributed by atoms with Crippen LogP contribution in [0.2, 0.25) is 0 Å². The second-order valence-electron chi connectivity index (χ2n) is 9.91. The first-order valence-electron chi connectivity index (χ1n) is 12.8. The number of rotatable bonds is 20. The number of thiocarbonyl (C=S) groups is 1. The Labute approximate surface area is 243 Å². The van der Waals surface area contributed by atoms with Crippen LogP contribution in [0.4, 0.5) is 5.69 Å². The molecule has 2 atom stereocenters. The molecule has 228 valence electrons. The van der Waals surface area contributed by atoms with Gasteiger partial charge < -0.3 is 30.8 Å². The first kappa shape index (κ1) is 35.4. The van der Waals surface area contributed by atoms with Gasteiger partial charge in [-0.15, -0.1) is 0 Å². The molecule has 14 nitrogen and oxygen atoms in total. The second-order valence-corrected chi connectivity index (χ2v) is 10.3. The molecule has 1 aromatic rings. The molecule has 15 heteroatoms. The number of aliphatic carboxylic acids is 5. The summed E-state index contributed by atoms with van der Waals surface area (Å²) in [7, 11) is 0. The fourth-order valence-corrected chi connectivity index (χ4v) is 4.32. The van der Waals surface area contributed by atoms with Crippen molar-refractivity contribution in [1.29, 1.82) is 0 Å². The van der Waals surface area contributed by atoms with Gasteiger partial charge >= 0.3 is 29.8 Å². The van der Waals surface area contributed by atoms with E-state index in [1.54, 1.807) is 31.2 Å². The predicted octanol–water partition coefficient (Wildman–Crippen LogP) is 0.711. The van der Waals surface area contributed by atoms with Gasteiger partial charge in [-0.2, -0.15) is 0 Å². The van der Waals surface area contributed by atoms with Gasteiger partial charge in [-0.3, -0.25) is 38.7 Å². The van der Waals surface area contributed by atoms with Crippen LogP contribution in [-0.2, 0) is 30.4 Å². The molecule has 0 aromatic heterocycles. The Kier molecular flexibility index (Phi) is 14.9. The van der Waals surface area contributed by atoms with E-state index in [2.05, 4.69) is 5.32 Å². The summed E-state index contributed by atoms with van der Waals surface area (Å²) in [5.41, 5.74) is 1.45. The highest BCUT2D eigenvalue weighted by atomic mass is 32.1. The fraction of sp³-hybridized carbons (Fsp3) is 0.538. The average molecular weight is 599 g/mol. The molecule has 0 spiro atoms. The first-order valence-corrected chi connectivity index (χ1v) is 13.2. The van der Waals surface area contributed by atoms with E-state index in [0.717, 1.165) is 16.2 Å². The monoisotopic (exact) mass is 598 g/mol. The van der Waals surface area contributed by atoms with Gasteiger partial charge in [0, 0.05) is 36.8 Å². The zero-order chi connectivity index (χ0) is 31.3. The van der Waals surface area contributed by atoms with Gasteiger partial charge in [0.1, 0.15) is 0 Å². The van der Waals surface area contributed by atoms with Crippen molar-refractivity contribution in [3.8, 4) is 0 Å². The van der Waals surface area contributed by atoms with E-state index in [0.29, 0.717) is 4.99 Å². The number of hydrogen-bond donors (Lipinski definition) is 6. The third kappa shape index (κ3) is 14.0. The summed E-state index contributed by atoms with van der Waals surface area (Å²) in [4.78, 5) is 61.9. The smallest absolute Gasteiger partial charge is 0.317 e. The maximum absolute atomic E-state index is 11.7. The molecule has 1 aromatic carbocycles. The fourth-order valence-electron chi connectivity index (χ4n) is 4.21. The van der Waals surface area contributed by atoms with Crippen molar-refractivity contribution in [3.63, 3.8) is 0 Å². The number of carbonyl (C=O) groups is 5. The molecule has 0 radical (unpaired) electrons. The number of carboxylic acid groups (broad SMARTS) is 5. The average Bonchev–Trinajstić information content (AvgIpc) is 2.83. The molecular weight excluding hydrogens is 560 g/mol. The number of anilines is 1. The van der Waals surface area contributed by atoms with Crippen LogP contribution in [0.3, 0.4) is 0 Å². The van der Waals surface area contributed by atoms with Gasteiger partial charge in [-0.25, -0.2) is 0 Å². The minimum Gasteiger partial charge on any atom is -0.480 e.